The molecular formula is C40H47N3O5S2. The first-order valence-electron chi connectivity index (χ1n) is 17.3. The molecule has 0 saturated heterocycles. The SMILES string of the molecule is CCOc1ccc(N(CC(=O)N(Cc2ccccc2C)[C@@H](Cc2ccccc2)C(=O)NC2CCCCC2)S(=O)(=O)c2ccc(SC)cc2)cc1. The fourth-order valence-corrected chi connectivity index (χ4v) is 8.17. The van der Waals surface area contributed by atoms with Gasteiger partial charge < -0.3 is 15.0 Å². The maximum Gasteiger partial charge on any atom is 0.264 e. The number of sulfonamides is 1. The molecule has 10 heteroatoms. The normalized spacial score (nSPS) is 14.1. The zero-order chi connectivity index (χ0) is 35.5. The van der Waals surface area contributed by atoms with E-state index in [0.29, 0.717) is 18.0 Å². The van der Waals surface area contributed by atoms with Crippen molar-refractivity contribution in [2.75, 3.05) is 23.7 Å². The van der Waals surface area contributed by atoms with Gasteiger partial charge in [-0.2, -0.15) is 0 Å². The summed E-state index contributed by atoms with van der Waals surface area (Å²) in [5.41, 5.74) is 3.08. The summed E-state index contributed by atoms with van der Waals surface area (Å²) in [6.07, 6.45) is 7.24. The minimum absolute atomic E-state index is 0.0370. The van der Waals surface area contributed by atoms with Crippen LogP contribution in [-0.4, -0.2) is 56.6 Å². The number of thioether (sulfide) groups is 1. The lowest BCUT2D eigenvalue weighted by Crippen LogP contribution is -2.55. The van der Waals surface area contributed by atoms with Gasteiger partial charge in [0.05, 0.1) is 17.2 Å². The number of amides is 2. The fraction of sp³-hybridized carbons (Fsp3) is 0.350. The summed E-state index contributed by atoms with van der Waals surface area (Å²) in [6, 6.07) is 29.9. The number of hydrogen-bond donors (Lipinski definition) is 1. The van der Waals surface area contributed by atoms with E-state index in [-0.39, 0.29) is 29.8 Å². The van der Waals surface area contributed by atoms with Crippen molar-refractivity contribution in [2.45, 2.75) is 80.8 Å². The second-order valence-corrected chi connectivity index (χ2v) is 15.4. The number of rotatable bonds is 15. The molecule has 1 aliphatic rings. The van der Waals surface area contributed by atoms with Crippen LogP contribution in [0.15, 0.2) is 113 Å². The third kappa shape index (κ3) is 9.48. The van der Waals surface area contributed by atoms with E-state index in [2.05, 4.69) is 5.32 Å². The van der Waals surface area contributed by atoms with E-state index in [1.54, 1.807) is 53.4 Å². The number of nitrogens with zero attached hydrogens (tertiary/aromatic N) is 2. The van der Waals surface area contributed by atoms with Gasteiger partial charge in [-0.1, -0.05) is 73.9 Å². The average Bonchev–Trinajstić information content (AvgIpc) is 3.14. The molecule has 8 nitrogen and oxygen atoms in total. The fourth-order valence-electron chi connectivity index (χ4n) is 6.35. The smallest absolute Gasteiger partial charge is 0.264 e. The maximum atomic E-state index is 14.8. The summed E-state index contributed by atoms with van der Waals surface area (Å²) in [5, 5.41) is 3.26. The molecule has 0 heterocycles. The monoisotopic (exact) mass is 713 g/mol. The van der Waals surface area contributed by atoms with Gasteiger partial charge in [0.15, 0.2) is 0 Å². The van der Waals surface area contributed by atoms with E-state index in [0.717, 1.165) is 58.0 Å². The largest absolute Gasteiger partial charge is 0.494 e. The maximum absolute atomic E-state index is 14.8. The molecule has 0 radical (unpaired) electrons. The highest BCUT2D eigenvalue weighted by Gasteiger charge is 2.35. The van der Waals surface area contributed by atoms with Gasteiger partial charge in [0.1, 0.15) is 18.3 Å². The lowest BCUT2D eigenvalue weighted by atomic mass is 9.94. The zero-order valence-electron chi connectivity index (χ0n) is 29.1. The molecule has 0 spiro atoms. The molecule has 1 aliphatic carbocycles. The van der Waals surface area contributed by atoms with Crippen LogP contribution in [0.25, 0.3) is 0 Å². The van der Waals surface area contributed by atoms with Crippen LogP contribution in [-0.2, 0) is 32.6 Å². The van der Waals surface area contributed by atoms with Crippen molar-refractivity contribution in [3.8, 4) is 5.75 Å². The molecule has 264 valence electrons. The van der Waals surface area contributed by atoms with E-state index in [9.17, 15) is 18.0 Å². The number of carbonyl (C=O) groups is 2. The predicted molar refractivity (Wildman–Crippen MR) is 201 cm³/mol. The van der Waals surface area contributed by atoms with Gasteiger partial charge in [-0.05, 0) is 98.2 Å². The van der Waals surface area contributed by atoms with Crippen molar-refractivity contribution < 1.29 is 22.7 Å². The Kier molecular flexibility index (Phi) is 13.0. The standard InChI is InChI=1S/C40H47N3O5S2/c1-4-48-35-21-19-34(20-22-35)43(50(46,47)37-25-23-36(49-3)24-26-37)29-39(44)42(28-32-16-12-11-13-30(32)2)38(27-31-14-7-5-8-15-31)40(45)41-33-17-9-6-10-18-33/h5,7-8,11-16,19-26,33,38H,4,6,9-10,17-18,27-29H2,1-3H3,(H,41,45)/t38-/m0/s1. The molecule has 1 saturated carbocycles. The highest BCUT2D eigenvalue weighted by Crippen LogP contribution is 2.29. The molecule has 0 unspecified atom stereocenters. The molecule has 1 fully saturated rings. The Morgan fingerprint density at radius 1 is 0.880 bits per heavy atom. The number of nitrogens with one attached hydrogen (secondary N) is 1. The Hall–Kier alpha value is -4.28. The Morgan fingerprint density at radius 3 is 2.18 bits per heavy atom. The van der Waals surface area contributed by atoms with Crippen LogP contribution >= 0.6 is 11.8 Å². The highest BCUT2D eigenvalue weighted by molar-refractivity contribution is 7.98. The molecule has 5 rings (SSSR count). The summed E-state index contributed by atoms with van der Waals surface area (Å²) in [4.78, 5) is 31.7. The first-order chi connectivity index (χ1) is 24.2. The molecule has 1 atom stereocenters. The van der Waals surface area contributed by atoms with Crippen LogP contribution < -0.4 is 14.4 Å². The molecule has 1 N–H and O–H groups in total. The third-order valence-corrected chi connectivity index (χ3v) is 11.7. The van der Waals surface area contributed by atoms with Gasteiger partial charge in [-0.25, -0.2) is 8.42 Å². The number of aryl methyl sites for hydroxylation is 1. The highest BCUT2D eigenvalue weighted by atomic mass is 32.2. The second kappa shape index (κ2) is 17.6. The number of anilines is 1. The summed E-state index contributed by atoms with van der Waals surface area (Å²) < 4.78 is 35.6. The summed E-state index contributed by atoms with van der Waals surface area (Å²) in [6.45, 7) is 3.94. The molecule has 0 aliphatic heterocycles. The topological polar surface area (TPSA) is 96.0 Å². The van der Waals surface area contributed by atoms with Gasteiger partial charge in [0.25, 0.3) is 10.0 Å². The van der Waals surface area contributed by atoms with E-state index in [1.807, 2.05) is 74.7 Å². The summed E-state index contributed by atoms with van der Waals surface area (Å²) in [7, 11) is -4.21. The van der Waals surface area contributed by atoms with Gasteiger partial charge >= 0.3 is 0 Å². The molecule has 0 aromatic heterocycles. The van der Waals surface area contributed by atoms with Gasteiger partial charge in [-0.15, -0.1) is 11.8 Å². The lowest BCUT2D eigenvalue weighted by molar-refractivity contribution is -0.140. The summed E-state index contributed by atoms with van der Waals surface area (Å²) in [5.74, 6) is -0.121. The van der Waals surface area contributed by atoms with Crippen molar-refractivity contribution in [3.63, 3.8) is 0 Å². The van der Waals surface area contributed by atoms with Gasteiger partial charge in [-0.3, -0.25) is 13.9 Å². The minimum atomic E-state index is -4.21. The van der Waals surface area contributed by atoms with Crippen LogP contribution in [0.3, 0.4) is 0 Å². The second-order valence-electron chi connectivity index (χ2n) is 12.6. The Balaban J connectivity index is 1.57. The van der Waals surface area contributed by atoms with Crippen molar-refractivity contribution in [2.24, 2.45) is 0 Å². The Labute approximate surface area is 301 Å². The first kappa shape index (κ1) is 37.0. The van der Waals surface area contributed by atoms with Crippen LogP contribution in [0.5, 0.6) is 5.75 Å². The lowest BCUT2D eigenvalue weighted by Gasteiger charge is -2.35. The molecule has 2 amide bonds. The zero-order valence-corrected chi connectivity index (χ0v) is 30.7. The van der Waals surface area contributed by atoms with Crippen molar-refractivity contribution in [1.82, 2.24) is 10.2 Å². The number of ether oxygens (including phenoxy) is 1. The van der Waals surface area contributed by atoms with Crippen LogP contribution in [0.4, 0.5) is 5.69 Å². The van der Waals surface area contributed by atoms with Crippen molar-refractivity contribution >= 4 is 39.3 Å². The van der Waals surface area contributed by atoms with Crippen molar-refractivity contribution in [1.29, 1.82) is 0 Å². The van der Waals surface area contributed by atoms with Crippen molar-refractivity contribution in [3.05, 3.63) is 120 Å². The Morgan fingerprint density at radius 2 is 1.54 bits per heavy atom. The van der Waals surface area contributed by atoms with E-state index in [1.165, 1.54) is 11.8 Å². The summed E-state index contributed by atoms with van der Waals surface area (Å²) >= 11 is 1.51. The van der Waals surface area contributed by atoms with Gasteiger partial charge in [0.2, 0.25) is 11.8 Å². The molecule has 50 heavy (non-hydrogen) atoms. The van der Waals surface area contributed by atoms with E-state index >= 15 is 0 Å². The third-order valence-electron chi connectivity index (χ3n) is 9.19. The Bertz CT molecular complexity index is 1810. The molecule has 4 aromatic carbocycles. The van der Waals surface area contributed by atoms with E-state index in [4.69, 9.17) is 4.74 Å². The van der Waals surface area contributed by atoms with Crippen LogP contribution in [0, 0.1) is 6.92 Å². The van der Waals surface area contributed by atoms with E-state index < -0.39 is 28.5 Å². The molecular weight excluding hydrogens is 667 g/mol. The minimum Gasteiger partial charge on any atom is -0.494 e. The van der Waals surface area contributed by atoms with Gasteiger partial charge in [0, 0.05) is 23.9 Å². The predicted octanol–water partition coefficient (Wildman–Crippen LogP) is 7.40. The first-order valence-corrected chi connectivity index (χ1v) is 19.9. The molecule has 0 bridgehead atoms. The van der Waals surface area contributed by atoms with Crippen LogP contribution in [0.1, 0.15) is 55.7 Å². The number of carbonyl (C=O) groups excluding carboxylic acids is 2. The number of benzene rings is 4. The molecule has 4 aromatic rings. The average molecular weight is 714 g/mol. The van der Waals surface area contributed by atoms with Crippen LogP contribution in [0.2, 0.25) is 0 Å². The number of hydrogen-bond acceptors (Lipinski definition) is 6. The quantitative estimate of drug-likeness (QED) is 0.129.